The Hall–Kier alpha value is -4.84. The molecule has 2 amide bonds. The van der Waals surface area contributed by atoms with E-state index >= 15 is 4.79 Å². The predicted octanol–water partition coefficient (Wildman–Crippen LogP) is 6.36. The number of methoxy groups -OCH3 is 1. The number of ether oxygens (including phenoxy) is 2. The Bertz CT molecular complexity index is 1980. The molecule has 3 aliphatic rings. The number of rotatable bonds is 9. The van der Waals surface area contributed by atoms with Crippen LogP contribution in [-0.4, -0.2) is 49.7 Å². The van der Waals surface area contributed by atoms with Crippen LogP contribution in [0.1, 0.15) is 36.5 Å². The van der Waals surface area contributed by atoms with Crippen LogP contribution in [0.3, 0.4) is 0 Å². The van der Waals surface area contributed by atoms with Gasteiger partial charge in [0.2, 0.25) is 5.91 Å². The monoisotopic (exact) mass is 691 g/mol. The van der Waals surface area contributed by atoms with E-state index in [2.05, 4.69) is 25.2 Å². The average molecular weight is 692 g/mol. The molecule has 1 spiro atoms. The Morgan fingerprint density at radius 3 is 2.46 bits per heavy atom. The molecule has 4 atom stereocenters. The third kappa shape index (κ3) is 5.31. The molecule has 0 bridgehead atoms. The number of hydrogen-bond acceptors (Lipinski definition) is 7. The number of carbonyl (C=O) groups is 2. The zero-order valence-electron chi connectivity index (χ0n) is 28.7. The van der Waals surface area contributed by atoms with Gasteiger partial charge in [0, 0.05) is 42.3 Å². The minimum atomic E-state index is -2.42. The van der Waals surface area contributed by atoms with Crippen LogP contribution in [0.5, 0.6) is 5.75 Å². The molecule has 3 aliphatic heterocycles. The van der Waals surface area contributed by atoms with Crippen molar-refractivity contribution in [2.75, 3.05) is 23.5 Å². The van der Waals surface area contributed by atoms with E-state index in [0.717, 1.165) is 27.8 Å². The van der Waals surface area contributed by atoms with Crippen molar-refractivity contribution in [1.29, 1.82) is 0 Å². The molecule has 1 saturated heterocycles. The lowest BCUT2D eigenvalue weighted by Crippen LogP contribution is -2.51. The number of nitrogens with zero attached hydrogens (tertiary/aromatic N) is 3. The first-order valence-electron chi connectivity index (χ1n) is 17.0. The van der Waals surface area contributed by atoms with Crippen LogP contribution in [0.4, 0.5) is 22.7 Å². The van der Waals surface area contributed by atoms with Crippen LogP contribution in [0.15, 0.2) is 91.0 Å². The van der Waals surface area contributed by atoms with E-state index in [-0.39, 0.29) is 42.1 Å². The van der Waals surface area contributed by atoms with E-state index in [0.29, 0.717) is 36.2 Å². The molecule has 0 aliphatic carbocycles. The number of nitro benzene ring substituents is 1. The van der Waals surface area contributed by atoms with Crippen molar-refractivity contribution in [3.8, 4) is 5.75 Å². The Morgan fingerprint density at radius 2 is 1.74 bits per heavy atom. The maximum absolute atomic E-state index is 15.0. The van der Waals surface area contributed by atoms with Crippen molar-refractivity contribution < 1.29 is 29.1 Å². The van der Waals surface area contributed by atoms with Crippen LogP contribution >= 0.6 is 0 Å². The zero-order valence-corrected chi connectivity index (χ0v) is 29.7. The molecule has 3 heterocycles. The number of aliphatic hydroxyl groups is 1. The number of nitro groups is 1. The van der Waals surface area contributed by atoms with Gasteiger partial charge in [-0.3, -0.25) is 24.6 Å². The maximum Gasteiger partial charge on any atom is 0.269 e. The molecule has 0 aromatic heterocycles. The van der Waals surface area contributed by atoms with Crippen LogP contribution in [0, 0.1) is 16.0 Å². The summed E-state index contributed by atoms with van der Waals surface area (Å²) >= 11 is 0. The Balaban J connectivity index is 1.29. The number of non-ortho nitro benzene ring substituents is 1. The fourth-order valence-corrected chi connectivity index (χ4v) is 12.7. The van der Waals surface area contributed by atoms with Crippen molar-refractivity contribution in [3.05, 3.63) is 118 Å². The van der Waals surface area contributed by atoms with Crippen molar-refractivity contribution in [2.24, 2.45) is 5.92 Å². The summed E-state index contributed by atoms with van der Waals surface area (Å²) in [4.78, 5) is 43.3. The van der Waals surface area contributed by atoms with Crippen LogP contribution in [0.2, 0.25) is 18.6 Å². The topological polar surface area (TPSA) is 122 Å². The fraction of sp³-hybridized carbons (Fsp3) is 0.333. The lowest BCUT2D eigenvalue weighted by molar-refractivity contribution is -0.385. The number of benzene rings is 4. The zero-order chi connectivity index (χ0) is 35.4. The second-order valence-corrected chi connectivity index (χ2v) is 18.7. The highest BCUT2D eigenvalue weighted by Gasteiger charge is 2.66. The van der Waals surface area contributed by atoms with Gasteiger partial charge < -0.3 is 19.5 Å². The van der Waals surface area contributed by atoms with Gasteiger partial charge in [-0.15, -0.1) is 0 Å². The first-order valence-corrected chi connectivity index (χ1v) is 20.1. The second-order valence-electron chi connectivity index (χ2n) is 14.0. The van der Waals surface area contributed by atoms with Gasteiger partial charge in [0.05, 0.1) is 44.1 Å². The number of para-hydroxylation sites is 1. The first kappa shape index (κ1) is 33.6. The van der Waals surface area contributed by atoms with Gasteiger partial charge in [-0.2, -0.15) is 0 Å². The lowest BCUT2D eigenvalue weighted by atomic mass is 9.82. The number of aliphatic hydroxyl groups excluding tert-OH is 1. The van der Waals surface area contributed by atoms with Crippen molar-refractivity contribution in [2.45, 2.75) is 63.1 Å². The molecule has 0 radical (unpaired) electrons. The smallest absolute Gasteiger partial charge is 0.269 e. The Kier molecular flexibility index (Phi) is 8.61. The molecule has 4 aromatic carbocycles. The molecule has 1 fully saturated rings. The minimum absolute atomic E-state index is 0.00694. The highest BCUT2D eigenvalue weighted by Crippen LogP contribution is 2.60. The number of aryl methyl sites for hydroxylation is 1. The average Bonchev–Trinajstić information content (AvgIpc) is 3.54. The molecule has 50 heavy (non-hydrogen) atoms. The van der Waals surface area contributed by atoms with Gasteiger partial charge in [-0.1, -0.05) is 67.7 Å². The number of amides is 2. The minimum Gasteiger partial charge on any atom is -0.497 e. The summed E-state index contributed by atoms with van der Waals surface area (Å²) in [6.07, 6.45) is 0.965. The van der Waals surface area contributed by atoms with Crippen molar-refractivity contribution in [1.82, 2.24) is 0 Å². The van der Waals surface area contributed by atoms with Gasteiger partial charge in [0.15, 0.2) is 5.60 Å². The summed E-state index contributed by atoms with van der Waals surface area (Å²) < 4.78 is 12.3. The number of hydrogen-bond donors (Lipinski definition) is 1. The predicted molar refractivity (Wildman–Crippen MR) is 194 cm³/mol. The quantitative estimate of drug-likeness (QED) is 0.123. The van der Waals surface area contributed by atoms with Gasteiger partial charge in [0.1, 0.15) is 5.75 Å². The molecule has 258 valence electrons. The molecule has 0 saturated carbocycles. The third-order valence-electron chi connectivity index (χ3n) is 11.0. The molecule has 7 rings (SSSR count). The van der Waals surface area contributed by atoms with Gasteiger partial charge in [-0.25, -0.2) is 0 Å². The standard InChI is InChI=1S/C39H41N3O7Si/c1-25-37(50(3,4)31-16-14-30(48-2)15-17-31)35(20-21-43)49-39(25)32-23-29(42(46)47)13-18-34(32)40(38(39)45)24-26-8-7-10-28(22-26)41-33-11-6-5-9-27(33)12-19-36(41)44/h5-11,13-18,22-23,25,35,37,43H,12,19-21,24H2,1-4H3/t25-,35+,37-,39+/m1/s1. The van der Waals surface area contributed by atoms with Crippen LogP contribution in [-0.2, 0) is 32.9 Å². The number of carbonyl (C=O) groups excluding carboxylic acids is 2. The molecule has 4 aromatic rings. The van der Waals surface area contributed by atoms with Crippen LogP contribution < -0.4 is 19.7 Å². The first-order chi connectivity index (χ1) is 24.0. The molecule has 0 unspecified atom stereocenters. The van der Waals surface area contributed by atoms with E-state index in [1.807, 2.05) is 67.6 Å². The third-order valence-corrected chi connectivity index (χ3v) is 15.4. The molecular weight excluding hydrogens is 651 g/mol. The Labute approximate surface area is 292 Å². The summed E-state index contributed by atoms with van der Waals surface area (Å²) in [5, 5.41) is 23.4. The highest BCUT2D eigenvalue weighted by molar-refractivity contribution is 6.91. The summed E-state index contributed by atoms with van der Waals surface area (Å²) in [5.74, 6) is 0.107. The summed E-state index contributed by atoms with van der Waals surface area (Å²) in [6.45, 7) is 6.57. The molecule has 1 N–H and O–H groups in total. The SMILES string of the molecule is COc1ccc([Si](C)(C)[C@H]2[C@H](CCO)O[C@@]3(C(=O)N(Cc4cccc(N5C(=O)CCc6ccccc65)c4)c4ccc([N+](=O)[O-])cc43)[C@@H]2C)cc1. The highest BCUT2D eigenvalue weighted by atomic mass is 28.3. The van der Waals surface area contributed by atoms with E-state index < -0.39 is 24.7 Å². The maximum atomic E-state index is 15.0. The van der Waals surface area contributed by atoms with E-state index in [9.17, 15) is 20.0 Å². The number of fused-ring (bicyclic) bond motifs is 3. The molecule has 11 heteroatoms. The lowest BCUT2D eigenvalue weighted by Gasteiger charge is -2.37. The summed E-state index contributed by atoms with van der Waals surface area (Å²) in [6, 6.07) is 28.1. The van der Waals surface area contributed by atoms with Gasteiger partial charge >= 0.3 is 0 Å². The van der Waals surface area contributed by atoms with Crippen molar-refractivity contribution >= 4 is 47.8 Å². The van der Waals surface area contributed by atoms with Crippen LogP contribution in [0.25, 0.3) is 0 Å². The summed E-state index contributed by atoms with van der Waals surface area (Å²) in [7, 11) is -0.790. The fourth-order valence-electron chi connectivity index (χ4n) is 8.66. The normalized spacial score (nSPS) is 22.9. The van der Waals surface area contributed by atoms with E-state index in [4.69, 9.17) is 9.47 Å². The van der Waals surface area contributed by atoms with Gasteiger partial charge in [-0.05, 0) is 65.9 Å². The molecular formula is C39H41N3O7Si. The molecule has 10 nitrogen and oxygen atoms in total. The van der Waals surface area contributed by atoms with E-state index in [1.54, 1.807) is 23.0 Å². The summed E-state index contributed by atoms with van der Waals surface area (Å²) in [5.41, 5.74) is 2.80. The van der Waals surface area contributed by atoms with Crippen molar-refractivity contribution in [3.63, 3.8) is 0 Å². The number of anilines is 3. The Morgan fingerprint density at radius 1 is 0.980 bits per heavy atom. The second kappa shape index (κ2) is 12.8. The largest absolute Gasteiger partial charge is 0.497 e. The van der Waals surface area contributed by atoms with Gasteiger partial charge in [0.25, 0.3) is 11.6 Å². The van der Waals surface area contributed by atoms with E-state index in [1.165, 1.54) is 12.1 Å².